The van der Waals surface area contributed by atoms with Gasteiger partial charge in [-0.05, 0) is 30.4 Å². The molecule has 4 rings (SSSR count). The second-order valence-corrected chi connectivity index (χ2v) is 9.98. The number of para-hydroxylation sites is 1. The lowest BCUT2D eigenvalue weighted by Crippen LogP contribution is -2.46. The summed E-state index contributed by atoms with van der Waals surface area (Å²) in [5, 5.41) is 4.87. The summed E-state index contributed by atoms with van der Waals surface area (Å²) in [6.07, 6.45) is 2.10. The normalized spacial score (nSPS) is 23.3. The molecule has 2 aliphatic heterocycles. The molecule has 1 fully saturated rings. The van der Waals surface area contributed by atoms with Crippen LogP contribution in [0.5, 0.6) is 5.75 Å². The molecular formula is C19H22N2O4S2. The van der Waals surface area contributed by atoms with Gasteiger partial charge in [-0.25, -0.2) is 8.42 Å². The molecule has 1 amide bonds. The van der Waals surface area contributed by atoms with Gasteiger partial charge in [0, 0.05) is 25.1 Å². The summed E-state index contributed by atoms with van der Waals surface area (Å²) in [7, 11) is -3.52. The van der Waals surface area contributed by atoms with E-state index in [0.717, 1.165) is 11.3 Å². The van der Waals surface area contributed by atoms with Gasteiger partial charge in [0.05, 0.1) is 18.6 Å². The number of hydrogen-bond acceptors (Lipinski definition) is 5. The number of piperidine rings is 1. The van der Waals surface area contributed by atoms with E-state index in [2.05, 4.69) is 5.32 Å². The first kappa shape index (κ1) is 18.5. The molecule has 0 saturated carbocycles. The Kier molecular flexibility index (Phi) is 5.21. The Morgan fingerprint density at radius 2 is 2.04 bits per heavy atom. The van der Waals surface area contributed by atoms with Crippen LogP contribution < -0.4 is 10.1 Å². The number of ether oxygens (including phenoxy) is 1. The van der Waals surface area contributed by atoms with E-state index in [-0.39, 0.29) is 24.4 Å². The van der Waals surface area contributed by atoms with Crippen LogP contribution in [-0.2, 0) is 14.8 Å². The highest BCUT2D eigenvalue weighted by molar-refractivity contribution is 7.91. The van der Waals surface area contributed by atoms with Crippen LogP contribution in [0.25, 0.3) is 0 Å². The summed E-state index contributed by atoms with van der Waals surface area (Å²) in [4.78, 5) is 12.9. The molecule has 2 atom stereocenters. The molecule has 1 saturated heterocycles. The first-order chi connectivity index (χ1) is 13.1. The van der Waals surface area contributed by atoms with Crippen LogP contribution in [0.4, 0.5) is 0 Å². The maximum Gasteiger partial charge on any atom is 0.252 e. The van der Waals surface area contributed by atoms with Crippen LogP contribution in [0.3, 0.4) is 0 Å². The number of carbonyl (C=O) groups excluding carboxylic acids is 1. The van der Waals surface area contributed by atoms with Crippen LogP contribution in [0.2, 0.25) is 0 Å². The molecular weight excluding hydrogens is 384 g/mol. The molecule has 1 N–H and O–H groups in total. The lowest BCUT2D eigenvalue weighted by Gasteiger charge is -2.33. The van der Waals surface area contributed by atoms with Crippen LogP contribution in [0.15, 0.2) is 46.0 Å². The van der Waals surface area contributed by atoms with Crippen LogP contribution in [0, 0.1) is 5.92 Å². The second-order valence-electron chi connectivity index (χ2n) is 6.87. The van der Waals surface area contributed by atoms with E-state index >= 15 is 0 Å². The van der Waals surface area contributed by atoms with Crippen LogP contribution >= 0.6 is 11.3 Å². The van der Waals surface area contributed by atoms with E-state index in [1.165, 1.54) is 15.6 Å². The van der Waals surface area contributed by atoms with Gasteiger partial charge in [0.2, 0.25) is 5.91 Å². The fourth-order valence-electron chi connectivity index (χ4n) is 3.69. The summed E-state index contributed by atoms with van der Waals surface area (Å²) >= 11 is 1.21. The molecule has 144 valence electrons. The average molecular weight is 407 g/mol. The van der Waals surface area contributed by atoms with Gasteiger partial charge < -0.3 is 10.1 Å². The van der Waals surface area contributed by atoms with Crippen molar-refractivity contribution in [2.24, 2.45) is 5.92 Å². The first-order valence-corrected chi connectivity index (χ1v) is 11.4. The van der Waals surface area contributed by atoms with Crippen molar-refractivity contribution in [1.82, 2.24) is 9.62 Å². The quantitative estimate of drug-likeness (QED) is 0.847. The van der Waals surface area contributed by atoms with Gasteiger partial charge >= 0.3 is 0 Å². The van der Waals surface area contributed by atoms with E-state index in [0.29, 0.717) is 36.6 Å². The monoisotopic (exact) mass is 406 g/mol. The number of carbonyl (C=O) groups is 1. The zero-order valence-electron chi connectivity index (χ0n) is 14.8. The van der Waals surface area contributed by atoms with Crippen molar-refractivity contribution in [2.75, 3.05) is 19.7 Å². The number of benzene rings is 1. The predicted octanol–water partition coefficient (Wildman–Crippen LogP) is 2.79. The van der Waals surface area contributed by atoms with E-state index in [1.54, 1.807) is 17.5 Å². The van der Waals surface area contributed by atoms with Crippen LogP contribution in [0.1, 0.15) is 30.9 Å². The van der Waals surface area contributed by atoms with E-state index in [9.17, 15) is 13.2 Å². The van der Waals surface area contributed by atoms with E-state index < -0.39 is 10.0 Å². The molecule has 2 aliphatic rings. The van der Waals surface area contributed by atoms with Crippen molar-refractivity contribution >= 4 is 27.3 Å². The van der Waals surface area contributed by atoms with Crippen molar-refractivity contribution in [1.29, 1.82) is 0 Å². The highest BCUT2D eigenvalue weighted by atomic mass is 32.2. The smallest absolute Gasteiger partial charge is 0.252 e. The van der Waals surface area contributed by atoms with Gasteiger partial charge in [-0.3, -0.25) is 4.79 Å². The minimum atomic E-state index is -3.52. The van der Waals surface area contributed by atoms with Crippen molar-refractivity contribution in [2.45, 2.75) is 29.5 Å². The predicted molar refractivity (Wildman–Crippen MR) is 103 cm³/mol. The summed E-state index contributed by atoms with van der Waals surface area (Å²) < 4.78 is 32.9. The van der Waals surface area contributed by atoms with Gasteiger partial charge in [-0.15, -0.1) is 11.3 Å². The molecule has 3 heterocycles. The first-order valence-electron chi connectivity index (χ1n) is 9.11. The maximum atomic E-state index is 12.9. The molecule has 1 aromatic heterocycles. The lowest BCUT2D eigenvalue weighted by atomic mass is 9.96. The number of sulfonamides is 1. The average Bonchev–Trinajstić information content (AvgIpc) is 3.24. The molecule has 0 bridgehead atoms. The topological polar surface area (TPSA) is 75.7 Å². The Morgan fingerprint density at radius 1 is 1.19 bits per heavy atom. The highest BCUT2D eigenvalue weighted by Crippen LogP contribution is 2.32. The van der Waals surface area contributed by atoms with Crippen molar-refractivity contribution in [3.63, 3.8) is 0 Å². The van der Waals surface area contributed by atoms with Crippen molar-refractivity contribution in [3.05, 3.63) is 47.3 Å². The molecule has 6 nitrogen and oxygen atoms in total. The highest BCUT2D eigenvalue weighted by Gasteiger charge is 2.35. The number of hydrogen-bond donors (Lipinski definition) is 1. The minimum absolute atomic E-state index is 0.0808. The second kappa shape index (κ2) is 7.61. The summed E-state index contributed by atoms with van der Waals surface area (Å²) in [5.41, 5.74) is 0.982. The SMILES string of the molecule is O=C(N[C@@H]1CCOc2ccccc21)[C@@H]1CCCN(S(=O)(=O)c2cccs2)C1. The molecule has 0 aliphatic carbocycles. The minimum Gasteiger partial charge on any atom is -0.493 e. The van der Waals surface area contributed by atoms with Gasteiger partial charge in [0.15, 0.2) is 0 Å². The molecule has 8 heteroatoms. The number of nitrogens with one attached hydrogen (secondary N) is 1. The van der Waals surface area contributed by atoms with Crippen molar-refractivity contribution < 1.29 is 17.9 Å². The van der Waals surface area contributed by atoms with Gasteiger partial charge in [0.25, 0.3) is 10.0 Å². The molecule has 0 unspecified atom stereocenters. The Labute approximate surface area is 163 Å². The fraction of sp³-hybridized carbons (Fsp3) is 0.421. The summed E-state index contributed by atoms with van der Waals surface area (Å²) in [5.74, 6) is 0.394. The fourth-order valence-corrected chi connectivity index (χ4v) is 6.36. The largest absolute Gasteiger partial charge is 0.493 e. The lowest BCUT2D eigenvalue weighted by molar-refractivity contribution is -0.127. The molecule has 0 spiro atoms. The Hall–Kier alpha value is -1.90. The van der Waals surface area contributed by atoms with Crippen LogP contribution in [-0.4, -0.2) is 38.3 Å². The number of nitrogens with zero attached hydrogens (tertiary/aromatic N) is 1. The molecule has 2 aromatic rings. The number of thiophene rings is 1. The van der Waals surface area contributed by atoms with Gasteiger partial charge in [0.1, 0.15) is 9.96 Å². The maximum absolute atomic E-state index is 12.9. The third-order valence-corrected chi connectivity index (χ3v) is 8.36. The van der Waals surface area contributed by atoms with Gasteiger partial charge in [-0.1, -0.05) is 24.3 Å². The van der Waals surface area contributed by atoms with E-state index in [1.807, 2.05) is 24.3 Å². The van der Waals surface area contributed by atoms with Crippen molar-refractivity contribution in [3.8, 4) is 5.75 Å². The third-order valence-electron chi connectivity index (χ3n) is 5.12. The molecule has 0 radical (unpaired) electrons. The zero-order valence-corrected chi connectivity index (χ0v) is 16.5. The zero-order chi connectivity index (χ0) is 18.9. The third kappa shape index (κ3) is 3.74. The summed E-state index contributed by atoms with van der Waals surface area (Å²) in [6.45, 7) is 1.26. The number of amides is 1. The summed E-state index contributed by atoms with van der Waals surface area (Å²) in [6, 6.07) is 11.0. The van der Waals surface area contributed by atoms with E-state index in [4.69, 9.17) is 4.74 Å². The van der Waals surface area contributed by atoms with Gasteiger partial charge in [-0.2, -0.15) is 4.31 Å². The Morgan fingerprint density at radius 3 is 2.85 bits per heavy atom. The molecule has 27 heavy (non-hydrogen) atoms. The molecule has 1 aromatic carbocycles. The Bertz CT molecular complexity index is 912. The number of fused-ring (bicyclic) bond motifs is 1. The Balaban J connectivity index is 1.46. The standard InChI is InChI=1S/C19H22N2O4S2/c22-19(20-16-9-11-25-17-7-2-1-6-15(16)17)14-5-3-10-21(13-14)27(23,24)18-8-4-12-26-18/h1-2,4,6-8,12,14,16H,3,5,9-11,13H2,(H,20,22)/t14-,16-/m1/s1. The number of rotatable bonds is 4.